The van der Waals surface area contributed by atoms with Crippen LogP contribution in [0.3, 0.4) is 0 Å². The number of carbonyl (C=O) groups excluding carboxylic acids is 1. The van der Waals surface area contributed by atoms with Crippen LogP contribution in [0.2, 0.25) is 0 Å². The summed E-state index contributed by atoms with van der Waals surface area (Å²) in [6, 6.07) is 18.2. The van der Waals surface area contributed by atoms with Crippen molar-refractivity contribution in [1.82, 2.24) is 4.90 Å². The number of hydrogen-bond donors (Lipinski definition) is 0. The molecule has 3 aromatic carbocycles. The first-order chi connectivity index (χ1) is 16.7. The predicted molar refractivity (Wildman–Crippen MR) is 141 cm³/mol. The second kappa shape index (κ2) is 10.3. The Morgan fingerprint density at radius 3 is 2.57 bits per heavy atom. The van der Waals surface area contributed by atoms with E-state index in [1.54, 1.807) is 17.0 Å². The van der Waals surface area contributed by atoms with Crippen molar-refractivity contribution >= 4 is 45.4 Å². The summed E-state index contributed by atoms with van der Waals surface area (Å²) in [5.74, 6) is 0.517. The SMILES string of the molecule is CC(C)N=C1S/C(=C/c2c(OCc3cccc([N+](=O)[O-])c3)ccc3ccccc23)C(=O)N1C(C)C. The molecule has 1 aliphatic rings. The molecule has 1 saturated heterocycles. The number of nitro groups is 1. The van der Waals surface area contributed by atoms with Crippen molar-refractivity contribution in [3.8, 4) is 5.75 Å². The normalized spacial score (nSPS) is 16.3. The molecule has 7 nitrogen and oxygen atoms in total. The van der Waals surface area contributed by atoms with E-state index in [0.29, 0.717) is 21.4 Å². The topological polar surface area (TPSA) is 85.0 Å². The molecule has 0 aromatic heterocycles. The van der Waals surface area contributed by atoms with E-state index < -0.39 is 4.92 Å². The number of amides is 1. The molecule has 0 atom stereocenters. The Hall–Kier alpha value is -3.65. The van der Waals surface area contributed by atoms with Crippen LogP contribution >= 0.6 is 11.8 Å². The van der Waals surface area contributed by atoms with E-state index in [4.69, 9.17) is 4.74 Å². The number of nitrogens with zero attached hydrogens (tertiary/aromatic N) is 3. The molecule has 0 radical (unpaired) electrons. The van der Waals surface area contributed by atoms with Gasteiger partial charge in [-0.2, -0.15) is 0 Å². The Kier molecular flexibility index (Phi) is 7.21. The maximum Gasteiger partial charge on any atom is 0.269 e. The van der Waals surface area contributed by atoms with Crippen LogP contribution in [0.1, 0.15) is 38.8 Å². The molecule has 1 heterocycles. The second-order valence-electron chi connectivity index (χ2n) is 8.80. The van der Waals surface area contributed by atoms with Crippen LogP contribution in [0.4, 0.5) is 5.69 Å². The summed E-state index contributed by atoms with van der Waals surface area (Å²) in [7, 11) is 0. The van der Waals surface area contributed by atoms with E-state index in [1.807, 2.05) is 70.2 Å². The van der Waals surface area contributed by atoms with Crippen LogP contribution in [0.5, 0.6) is 5.75 Å². The fourth-order valence-electron chi connectivity index (χ4n) is 3.86. The molecule has 3 aromatic rings. The minimum Gasteiger partial charge on any atom is -0.488 e. The van der Waals surface area contributed by atoms with Crippen molar-refractivity contribution in [2.45, 2.75) is 46.4 Å². The lowest BCUT2D eigenvalue weighted by atomic mass is 10.0. The Labute approximate surface area is 208 Å². The highest BCUT2D eigenvalue weighted by atomic mass is 32.2. The molecule has 0 saturated carbocycles. The van der Waals surface area contributed by atoms with E-state index in [2.05, 4.69) is 4.99 Å². The molecule has 4 rings (SSSR count). The van der Waals surface area contributed by atoms with Crippen LogP contribution in [0, 0.1) is 10.1 Å². The van der Waals surface area contributed by atoms with E-state index in [-0.39, 0.29) is 30.3 Å². The van der Waals surface area contributed by atoms with Gasteiger partial charge in [0.25, 0.3) is 11.6 Å². The Balaban J connectivity index is 1.74. The number of hydrogen-bond acceptors (Lipinski definition) is 6. The average Bonchev–Trinajstić information content (AvgIpc) is 3.12. The maximum atomic E-state index is 13.3. The predicted octanol–water partition coefficient (Wildman–Crippen LogP) is 6.42. The molecule has 0 unspecified atom stereocenters. The molecular formula is C27H27N3O4S. The van der Waals surface area contributed by atoms with Gasteiger partial charge in [-0.15, -0.1) is 0 Å². The van der Waals surface area contributed by atoms with Gasteiger partial charge in [-0.05, 0) is 67.9 Å². The lowest BCUT2D eigenvalue weighted by Gasteiger charge is -2.20. The van der Waals surface area contributed by atoms with Crippen LogP contribution < -0.4 is 4.74 Å². The number of benzene rings is 3. The van der Waals surface area contributed by atoms with Crippen LogP contribution in [-0.2, 0) is 11.4 Å². The van der Waals surface area contributed by atoms with Gasteiger partial charge in [0, 0.05) is 29.8 Å². The fraction of sp³-hybridized carbons (Fsp3) is 0.259. The molecular weight excluding hydrogens is 462 g/mol. The quantitative estimate of drug-likeness (QED) is 0.217. The molecule has 0 N–H and O–H groups in total. The van der Waals surface area contributed by atoms with Crippen molar-refractivity contribution in [3.63, 3.8) is 0 Å². The largest absolute Gasteiger partial charge is 0.488 e. The molecule has 0 aliphatic carbocycles. The summed E-state index contributed by atoms with van der Waals surface area (Å²) in [4.78, 5) is 31.0. The number of fused-ring (bicyclic) bond motifs is 1. The summed E-state index contributed by atoms with van der Waals surface area (Å²) in [5.41, 5.74) is 1.50. The first-order valence-electron chi connectivity index (χ1n) is 11.4. The lowest BCUT2D eigenvalue weighted by molar-refractivity contribution is -0.384. The minimum absolute atomic E-state index is 0.0180. The van der Waals surface area contributed by atoms with Gasteiger partial charge < -0.3 is 4.74 Å². The number of rotatable bonds is 7. The zero-order chi connectivity index (χ0) is 25.1. The fourth-order valence-corrected chi connectivity index (χ4v) is 5.07. The highest BCUT2D eigenvalue weighted by Crippen LogP contribution is 2.38. The molecule has 8 heteroatoms. The second-order valence-corrected chi connectivity index (χ2v) is 9.81. The smallest absolute Gasteiger partial charge is 0.269 e. The number of non-ortho nitro benzene ring substituents is 1. The van der Waals surface area contributed by atoms with Gasteiger partial charge in [-0.25, -0.2) is 0 Å². The third-order valence-corrected chi connectivity index (χ3v) is 6.44. The van der Waals surface area contributed by atoms with E-state index in [1.165, 1.54) is 23.9 Å². The summed E-state index contributed by atoms with van der Waals surface area (Å²) in [6.07, 6.45) is 1.87. The number of aliphatic imine (C=N–C) groups is 1. The number of thioether (sulfide) groups is 1. The monoisotopic (exact) mass is 489 g/mol. The zero-order valence-corrected chi connectivity index (χ0v) is 20.9. The number of nitro benzene ring substituents is 1. The van der Waals surface area contributed by atoms with Gasteiger partial charge in [0.2, 0.25) is 0 Å². The molecule has 180 valence electrons. The van der Waals surface area contributed by atoms with Crippen molar-refractivity contribution in [2.24, 2.45) is 4.99 Å². The molecule has 1 amide bonds. The molecule has 0 bridgehead atoms. The highest BCUT2D eigenvalue weighted by Gasteiger charge is 2.35. The molecule has 1 fully saturated rings. The maximum absolute atomic E-state index is 13.3. The summed E-state index contributed by atoms with van der Waals surface area (Å²) in [5, 5.41) is 13.8. The summed E-state index contributed by atoms with van der Waals surface area (Å²) in [6.45, 7) is 8.09. The van der Waals surface area contributed by atoms with Crippen LogP contribution in [0.15, 0.2) is 70.6 Å². The van der Waals surface area contributed by atoms with Gasteiger partial charge >= 0.3 is 0 Å². The lowest BCUT2D eigenvalue weighted by Crippen LogP contribution is -2.35. The van der Waals surface area contributed by atoms with Gasteiger partial charge in [-0.3, -0.25) is 24.8 Å². The average molecular weight is 490 g/mol. The van der Waals surface area contributed by atoms with Crippen molar-refractivity contribution < 1.29 is 14.5 Å². The van der Waals surface area contributed by atoms with Crippen LogP contribution in [0.25, 0.3) is 16.8 Å². The molecule has 35 heavy (non-hydrogen) atoms. The van der Waals surface area contributed by atoms with Gasteiger partial charge in [0.15, 0.2) is 5.17 Å². The Morgan fingerprint density at radius 1 is 1.09 bits per heavy atom. The van der Waals surface area contributed by atoms with Crippen molar-refractivity contribution in [3.05, 3.63) is 86.8 Å². The van der Waals surface area contributed by atoms with E-state index in [9.17, 15) is 14.9 Å². The van der Waals surface area contributed by atoms with Gasteiger partial charge in [0.1, 0.15) is 12.4 Å². The molecule has 1 aliphatic heterocycles. The first-order valence-corrected chi connectivity index (χ1v) is 12.2. The number of amidine groups is 1. The number of ether oxygens (including phenoxy) is 1. The van der Waals surface area contributed by atoms with Gasteiger partial charge in [-0.1, -0.05) is 42.5 Å². The standard InChI is InChI=1S/C27H27N3O4S/c1-17(2)28-27-29(18(3)4)26(31)25(35-27)15-23-22-11-6-5-9-20(22)12-13-24(23)34-16-19-8-7-10-21(14-19)30(32)33/h5-15,17-18H,16H2,1-4H3/b25-15+,28-27?. The zero-order valence-electron chi connectivity index (χ0n) is 20.1. The third kappa shape index (κ3) is 5.38. The first kappa shape index (κ1) is 24.5. The Morgan fingerprint density at radius 2 is 1.86 bits per heavy atom. The van der Waals surface area contributed by atoms with Crippen molar-refractivity contribution in [1.29, 1.82) is 0 Å². The van der Waals surface area contributed by atoms with Crippen LogP contribution in [-0.4, -0.2) is 33.0 Å². The minimum atomic E-state index is -0.422. The van der Waals surface area contributed by atoms with Crippen molar-refractivity contribution in [2.75, 3.05) is 0 Å². The number of carbonyl (C=O) groups is 1. The third-order valence-electron chi connectivity index (χ3n) is 5.44. The van der Waals surface area contributed by atoms with Gasteiger partial charge in [0.05, 0.1) is 9.83 Å². The summed E-state index contributed by atoms with van der Waals surface area (Å²) < 4.78 is 6.15. The van der Waals surface area contributed by atoms with E-state index >= 15 is 0 Å². The highest BCUT2D eigenvalue weighted by molar-refractivity contribution is 8.18. The van der Waals surface area contributed by atoms with E-state index in [0.717, 1.165) is 16.3 Å². The summed E-state index contributed by atoms with van der Waals surface area (Å²) >= 11 is 1.37. The molecule has 0 spiro atoms. The Bertz CT molecular complexity index is 1350.